The van der Waals surface area contributed by atoms with Gasteiger partial charge in [0.15, 0.2) is 10.8 Å². The Kier molecular flexibility index (Phi) is 6.62. The lowest BCUT2D eigenvalue weighted by atomic mass is 10.1. The molecule has 1 saturated heterocycles. The van der Waals surface area contributed by atoms with E-state index in [2.05, 4.69) is 20.4 Å². The third-order valence-electron chi connectivity index (χ3n) is 4.46. The van der Waals surface area contributed by atoms with Crippen molar-refractivity contribution in [3.63, 3.8) is 0 Å². The molecule has 0 spiro atoms. The molecule has 4 heterocycles. The average molecular weight is 509 g/mol. The number of thioether (sulfide) groups is 1. The summed E-state index contributed by atoms with van der Waals surface area (Å²) >= 11 is 3.89. The first kappa shape index (κ1) is 22.8. The monoisotopic (exact) mass is 508 g/mol. The highest BCUT2D eigenvalue weighted by atomic mass is 32.2. The zero-order valence-corrected chi connectivity index (χ0v) is 19.3. The maximum Gasteiger partial charge on any atom is 0.512 e. The first-order valence-electron chi connectivity index (χ1n) is 9.18. The van der Waals surface area contributed by atoms with Crippen LogP contribution in [0, 0.1) is 0 Å². The molecule has 2 amide bonds. The molecule has 0 radical (unpaired) electrons. The fourth-order valence-corrected chi connectivity index (χ4v) is 5.46. The zero-order chi connectivity index (χ0) is 23.5. The SMILES string of the molecule is CON=C(C(=O)NC1C(=O)N2C(OC(=O)O)=C(C=Cc3nccs3)CS[C@@H]12)c1csc(N)n1. The van der Waals surface area contributed by atoms with Crippen molar-refractivity contribution in [3.8, 4) is 0 Å². The number of nitrogen functional groups attached to an aromatic ring is 1. The third kappa shape index (κ3) is 4.69. The second-order valence-corrected chi connectivity index (χ2v) is 9.38. The Labute approximate surface area is 198 Å². The van der Waals surface area contributed by atoms with Gasteiger partial charge in [0.25, 0.3) is 11.8 Å². The number of carbonyl (C=O) groups excluding carboxylic acids is 2. The summed E-state index contributed by atoms with van der Waals surface area (Å²) in [5, 5.41) is 19.2. The molecule has 1 fully saturated rings. The molecule has 0 bridgehead atoms. The predicted molar refractivity (Wildman–Crippen MR) is 122 cm³/mol. The fraction of sp³-hybridized carbons (Fsp3) is 0.222. The van der Waals surface area contributed by atoms with Gasteiger partial charge in [0.05, 0.1) is 0 Å². The molecule has 1 unspecified atom stereocenters. The first-order chi connectivity index (χ1) is 15.9. The van der Waals surface area contributed by atoms with Gasteiger partial charge in [0.1, 0.15) is 29.2 Å². The number of carboxylic acid groups (broad SMARTS) is 1. The van der Waals surface area contributed by atoms with Crippen LogP contribution in [-0.4, -0.2) is 67.9 Å². The summed E-state index contributed by atoms with van der Waals surface area (Å²) in [6.07, 6.45) is 3.47. The molecule has 4 N–H and O–H groups in total. The molecule has 2 aromatic rings. The standard InChI is InChI=1S/C18H16N6O6S3/c1-29-23-11(9-7-33-17(19)21-9)13(25)22-12-14(26)24-15(30-18(27)28)8(6-32-16(12)24)2-3-10-20-4-5-31-10/h2-5,7,12,16H,6H2,1H3,(H2,19,21)(H,22,25)(H,27,28)/t12?,16-/m0/s1. The number of fused-ring (bicyclic) bond motifs is 1. The number of carbonyl (C=O) groups is 3. The van der Waals surface area contributed by atoms with Gasteiger partial charge >= 0.3 is 6.16 Å². The number of anilines is 1. The molecular formula is C18H16N6O6S3. The van der Waals surface area contributed by atoms with E-state index in [1.54, 1.807) is 23.7 Å². The van der Waals surface area contributed by atoms with E-state index in [-0.39, 0.29) is 22.4 Å². The molecule has 4 rings (SSSR count). The Morgan fingerprint density at radius 2 is 2.21 bits per heavy atom. The molecule has 2 aromatic heterocycles. The third-order valence-corrected chi connectivity index (χ3v) is 7.17. The summed E-state index contributed by atoms with van der Waals surface area (Å²) in [5.41, 5.74) is 6.20. The molecule has 2 atom stereocenters. The van der Waals surface area contributed by atoms with Crippen LogP contribution in [0.15, 0.2) is 39.6 Å². The van der Waals surface area contributed by atoms with Crippen LogP contribution in [0.25, 0.3) is 6.08 Å². The van der Waals surface area contributed by atoms with Gasteiger partial charge in [-0.1, -0.05) is 5.16 Å². The average Bonchev–Trinajstić information content (AvgIpc) is 3.45. The van der Waals surface area contributed by atoms with Crippen LogP contribution in [-0.2, 0) is 19.2 Å². The summed E-state index contributed by atoms with van der Waals surface area (Å²) in [7, 11) is 1.28. The van der Waals surface area contributed by atoms with Crippen molar-refractivity contribution in [2.45, 2.75) is 11.4 Å². The van der Waals surface area contributed by atoms with Gasteiger partial charge in [-0.05, 0) is 12.2 Å². The fourth-order valence-electron chi connectivity index (χ4n) is 3.08. The molecule has 33 heavy (non-hydrogen) atoms. The van der Waals surface area contributed by atoms with Crippen LogP contribution in [0.2, 0.25) is 0 Å². The van der Waals surface area contributed by atoms with Crippen LogP contribution in [0.1, 0.15) is 10.7 Å². The van der Waals surface area contributed by atoms with Crippen LogP contribution in [0.5, 0.6) is 0 Å². The molecule has 2 aliphatic rings. The number of nitrogens with zero attached hydrogens (tertiary/aromatic N) is 4. The second kappa shape index (κ2) is 9.60. The highest BCUT2D eigenvalue weighted by molar-refractivity contribution is 8.00. The quantitative estimate of drug-likeness (QED) is 0.216. The van der Waals surface area contributed by atoms with Crippen LogP contribution in [0.4, 0.5) is 9.93 Å². The number of rotatable bonds is 7. The van der Waals surface area contributed by atoms with E-state index in [1.807, 2.05) is 5.38 Å². The van der Waals surface area contributed by atoms with Crippen molar-refractivity contribution in [2.24, 2.45) is 5.16 Å². The van der Waals surface area contributed by atoms with Gasteiger partial charge in [-0.2, -0.15) is 0 Å². The number of allylic oxidation sites excluding steroid dienone is 1. The molecule has 0 aliphatic carbocycles. The van der Waals surface area contributed by atoms with Gasteiger partial charge in [-0.3, -0.25) is 14.5 Å². The molecular weight excluding hydrogens is 492 g/mol. The number of hydrogen-bond donors (Lipinski definition) is 3. The lowest BCUT2D eigenvalue weighted by Gasteiger charge is -2.48. The predicted octanol–water partition coefficient (Wildman–Crippen LogP) is 1.55. The molecule has 172 valence electrons. The van der Waals surface area contributed by atoms with E-state index in [0.717, 1.165) is 16.3 Å². The number of amides is 2. The minimum absolute atomic E-state index is 0.0902. The highest BCUT2D eigenvalue weighted by Crippen LogP contribution is 2.41. The lowest BCUT2D eigenvalue weighted by Crippen LogP contribution is -2.70. The number of hydrogen-bond acceptors (Lipinski definition) is 12. The maximum absolute atomic E-state index is 12.9. The Morgan fingerprint density at radius 1 is 1.39 bits per heavy atom. The largest absolute Gasteiger partial charge is 0.512 e. The number of β-lactam (4-membered cyclic amide) rings is 1. The topological polar surface area (TPSA) is 169 Å². The van der Waals surface area contributed by atoms with Gasteiger partial charge in [0, 0.05) is 28.3 Å². The molecule has 15 heteroatoms. The van der Waals surface area contributed by atoms with Gasteiger partial charge in [-0.15, -0.1) is 34.4 Å². The minimum Gasteiger partial charge on any atom is -0.449 e. The van der Waals surface area contributed by atoms with E-state index in [1.165, 1.54) is 35.1 Å². The highest BCUT2D eigenvalue weighted by Gasteiger charge is 2.54. The van der Waals surface area contributed by atoms with Crippen molar-refractivity contribution in [3.05, 3.63) is 45.2 Å². The van der Waals surface area contributed by atoms with E-state index >= 15 is 0 Å². The summed E-state index contributed by atoms with van der Waals surface area (Å²) in [5.74, 6) is -0.938. The number of aromatic nitrogens is 2. The van der Waals surface area contributed by atoms with Crippen LogP contribution in [0.3, 0.4) is 0 Å². The van der Waals surface area contributed by atoms with Crippen LogP contribution >= 0.6 is 34.4 Å². The Balaban J connectivity index is 1.53. The van der Waals surface area contributed by atoms with Crippen molar-refractivity contribution in [2.75, 3.05) is 18.6 Å². The van der Waals surface area contributed by atoms with Crippen molar-refractivity contribution >= 4 is 69.3 Å². The van der Waals surface area contributed by atoms with E-state index in [4.69, 9.17) is 15.3 Å². The zero-order valence-electron chi connectivity index (χ0n) is 16.8. The maximum atomic E-state index is 12.9. The molecule has 0 aromatic carbocycles. The summed E-state index contributed by atoms with van der Waals surface area (Å²) < 4.78 is 4.93. The number of ether oxygens (including phenoxy) is 1. The normalized spacial score (nSPS) is 20.5. The van der Waals surface area contributed by atoms with Gasteiger partial charge < -0.3 is 25.7 Å². The summed E-state index contributed by atoms with van der Waals surface area (Å²) in [4.78, 5) is 51.0. The van der Waals surface area contributed by atoms with Gasteiger partial charge in [0.2, 0.25) is 5.88 Å². The van der Waals surface area contributed by atoms with E-state index in [0.29, 0.717) is 11.3 Å². The Bertz CT molecular complexity index is 1170. The number of oxime groups is 1. The first-order valence-corrected chi connectivity index (χ1v) is 12.0. The molecule has 2 aliphatic heterocycles. The number of nitrogens with one attached hydrogen (secondary N) is 1. The summed E-state index contributed by atoms with van der Waals surface area (Å²) in [6, 6.07) is -0.919. The lowest BCUT2D eigenvalue weighted by molar-refractivity contribution is -0.148. The van der Waals surface area contributed by atoms with E-state index in [9.17, 15) is 19.5 Å². The van der Waals surface area contributed by atoms with Crippen molar-refractivity contribution in [1.29, 1.82) is 0 Å². The minimum atomic E-state index is -1.55. The Morgan fingerprint density at radius 3 is 2.85 bits per heavy atom. The van der Waals surface area contributed by atoms with Crippen molar-refractivity contribution < 1.29 is 29.1 Å². The number of thiazole rings is 2. The second-order valence-electron chi connectivity index (χ2n) is 6.46. The number of nitrogens with two attached hydrogens (primary N) is 1. The van der Waals surface area contributed by atoms with E-state index < -0.39 is 29.4 Å². The van der Waals surface area contributed by atoms with Crippen LogP contribution < -0.4 is 11.1 Å². The van der Waals surface area contributed by atoms with Gasteiger partial charge in [-0.25, -0.2) is 14.8 Å². The summed E-state index contributed by atoms with van der Waals surface area (Å²) in [6.45, 7) is 0. The smallest absolute Gasteiger partial charge is 0.449 e. The molecule has 12 nitrogen and oxygen atoms in total. The Hall–Kier alpha value is -3.43. The molecule has 0 saturated carbocycles. The van der Waals surface area contributed by atoms with Crippen molar-refractivity contribution in [1.82, 2.24) is 20.2 Å².